The van der Waals surface area contributed by atoms with Gasteiger partial charge >= 0.3 is 0 Å². The zero-order chi connectivity index (χ0) is 22.5. The van der Waals surface area contributed by atoms with Crippen molar-refractivity contribution >= 4 is 59.6 Å². The maximum Gasteiger partial charge on any atom is 0.189 e. The van der Waals surface area contributed by atoms with E-state index in [-0.39, 0.29) is 5.78 Å². The number of allylic oxidation sites excluding steroid dienone is 1. The van der Waals surface area contributed by atoms with Crippen LogP contribution in [-0.4, -0.2) is 22.7 Å². The van der Waals surface area contributed by atoms with E-state index in [1.54, 1.807) is 30.1 Å². The van der Waals surface area contributed by atoms with Gasteiger partial charge in [0, 0.05) is 22.8 Å². The van der Waals surface area contributed by atoms with Gasteiger partial charge in [-0.3, -0.25) is 9.48 Å². The van der Waals surface area contributed by atoms with E-state index in [0.29, 0.717) is 23.7 Å². The highest BCUT2D eigenvalue weighted by Gasteiger charge is 2.12. The molecule has 0 saturated heterocycles. The fourth-order valence-corrected chi connectivity index (χ4v) is 5.50. The van der Waals surface area contributed by atoms with Crippen LogP contribution in [-0.2, 0) is 13.2 Å². The van der Waals surface area contributed by atoms with Crippen LogP contribution in [0.3, 0.4) is 0 Å². The van der Waals surface area contributed by atoms with Gasteiger partial charge < -0.3 is 9.47 Å². The average molecular weight is 613 g/mol. The van der Waals surface area contributed by atoms with Crippen LogP contribution in [0, 0.1) is 6.92 Å². The molecule has 0 fully saturated rings. The van der Waals surface area contributed by atoms with Gasteiger partial charge in [-0.25, -0.2) is 0 Å². The van der Waals surface area contributed by atoms with Crippen LogP contribution in [0.25, 0.3) is 6.08 Å². The number of ketones is 1. The third-order valence-electron chi connectivity index (χ3n) is 4.60. The number of halogens is 3. The summed E-state index contributed by atoms with van der Waals surface area (Å²) in [6, 6.07) is 9.57. The van der Waals surface area contributed by atoms with Gasteiger partial charge in [0.25, 0.3) is 0 Å². The molecule has 1 aromatic heterocycles. The Balaban J connectivity index is 1.79. The maximum atomic E-state index is 12.6. The highest BCUT2D eigenvalue weighted by atomic mass is 79.9. The number of carbonyl (C=O) groups is 1. The lowest BCUT2D eigenvalue weighted by atomic mass is 10.1. The number of carbonyl (C=O) groups excluding carboxylic acids is 1. The van der Waals surface area contributed by atoms with Crippen LogP contribution in [0.2, 0.25) is 0 Å². The summed E-state index contributed by atoms with van der Waals surface area (Å²) < 4.78 is 15.9. The van der Waals surface area contributed by atoms with E-state index < -0.39 is 0 Å². The number of hydrogen-bond acceptors (Lipinski definition) is 4. The summed E-state index contributed by atoms with van der Waals surface area (Å²) in [5.41, 5.74) is 3.09. The van der Waals surface area contributed by atoms with Crippen molar-refractivity contribution in [1.29, 1.82) is 0 Å². The molecule has 0 amide bonds. The van der Waals surface area contributed by atoms with Gasteiger partial charge in [0.2, 0.25) is 0 Å². The third-order valence-corrected chi connectivity index (χ3v) is 6.24. The average Bonchev–Trinajstić information content (AvgIpc) is 3.12. The van der Waals surface area contributed by atoms with Gasteiger partial charge in [-0.05, 0) is 81.6 Å². The van der Waals surface area contributed by atoms with Crippen molar-refractivity contribution in [2.24, 2.45) is 0 Å². The van der Waals surface area contributed by atoms with Crippen LogP contribution in [0.15, 0.2) is 56.0 Å². The minimum atomic E-state index is -0.0754. The van der Waals surface area contributed by atoms with Crippen LogP contribution in [0.4, 0.5) is 0 Å². The number of nitrogens with zero attached hydrogens (tertiary/aromatic N) is 2. The van der Waals surface area contributed by atoms with E-state index in [1.807, 2.05) is 44.2 Å². The lowest BCUT2D eigenvalue weighted by Crippen LogP contribution is -2.00. The van der Waals surface area contributed by atoms with E-state index in [4.69, 9.17) is 9.47 Å². The minimum Gasteiger partial charge on any atom is -0.496 e. The van der Waals surface area contributed by atoms with Crippen LogP contribution < -0.4 is 9.47 Å². The third kappa shape index (κ3) is 5.87. The molecule has 5 nitrogen and oxygen atoms in total. The largest absolute Gasteiger partial charge is 0.496 e. The molecule has 8 heteroatoms. The fourth-order valence-electron chi connectivity index (χ4n) is 3.02. The first kappa shape index (κ1) is 23.8. The topological polar surface area (TPSA) is 53.4 Å². The van der Waals surface area contributed by atoms with Crippen molar-refractivity contribution in [2.75, 3.05) is 7.11 Å². The summed E-state index contributed by atoms with van der Waals surface area (Å²) in [5.74, 6) is 1.34. The number of aryl methyl sites for hydroxylation is 2. The minimum absolute atomic E-state index is 0.0754. The van der Waals surface area contributed by atoms with Gasteiger partial charge in [0.1, 0.15) is 18.1 Å². The molecular weight excluding hydrogens is 592 g/mol. The van der Waals surface area contributed by atoms with E-state index >= 15 is 0 Å². The summed E-state index contributed by atoms with van der Waals surface area (Å²) in [6.07, 6.45) is 5.14. The monoisotopic (exact) mass is 610 g/mol. The molecule has 2 aromatic carbocycles. The molecule has 31 heavy (non-hydrogen) atoms. The van der Waals surface area contributed by atoms with Crippen molar-refractivity contribution in [3.8, 4) is 11.5 Å². The van der Waals surface area contributed by atoms with Crippen molar-refractivity contribution in [1.82, 2.24) is 9.78 Å². The molecule has 0 saturated carbocycles. The Hall–Kier alpha value is -1.90. The first-order valence-electron chi connectivity index (χ1n) is 9.53. The van der Waals surface area contributed by atoms with Crippen molar-refractivity contribution in [3.63, 3.8) is 0 Å². The van der Waals surface area contributed by atoms with E-state index in [9.17, 15) is 4.79 Å². The normalized spacial score (nSPS) is 11.2. The molecule has 0 bridgehead atoms. The van der Waals surface area contributed by atoms with E-state index in [1.165, 1.54) is 0 Å². The molecule has 0 radical (unpaired) electrons. The molecule has 0 aliphatic heterocycles. The molecule has 0 atom stereocenters. The lowest BCUT2D eigenvalue weighted by Gasteiger charge is -2.14. The standard InChI is InChI=1S/C23H21Br3N2O3/c1-4-28-12-18(14(2)27-28)21(29)7-5-15-6-8-22(30-3)16(9-15)13-31-23-19(25)10-17(24)11-20(23)26/h5-12H,4,13H2,1-3H3/b7-5+. The number of benzene rings is 2. The van der Waals surface area contributed by atoms with Crippen molar-refractivity contribution in [3.05, 3.63) is 78.4 Å². The van der Waals surface area contributed by atoms with Gasteiger partial charge in [-0.15, -0.1) is 0 Å². The quantitative estimate of drug-likeness (QED) is 0.203. The maximum absolute atomic E-state index is 12.6. The van der Waals surface area contributed by atoms with Gasteiger partial charge in [0.15, 0.2) is 5.78 Å². The predicted molar refractivity (Wildman–Crippen MR) is 133 cm³/mol. The number of methoxy groups -OCH3 is 1. The number of hydrogen-bond donors (Lipinski definition) is 0. The van der Waals surface area contributed by atoms with Crippen molar-refractivity contribution < 1.29 is 14.3 Å². The van der Waals surface area contributed by atoms with Crippen molar-refractivity contribution in [2.45, 2.75) is 27.0 Å². The Labute approximate surface area is 206 Å². The van der Waals surface area contributed by atoms with Crippen LogP contribution in [0.1, 0.15) is 34.1 Å². The second kappa shape index (κ2) is 10.6. The summed E-state index contributed by atoms with van der Waals surface area (Å²) >= 11 is 10.5. The predicted octanol–water partition coefficient (Wildman–Crippen LogP) is 6.98. The summed E-state index contributed by atoms with van der Waals surface area (Å²) in [4.78, 5) is 12.6. The van der Waals surface area contributed by atoms with E-state index in [2.05, 4.69) is 52.9 Å². The Kier molecular flexibility index (Phi) is 8.13. The molecular formula is C23H21Br3N2O3. The Morgan fingerprint density at radius 1 is 1.16 bits per heavy atom. The Morgan fingerprint density at radius 2 is 1.87 bits per heavy atom. The first-order valence-corrected chi connectivity index (χ1v) is 11.9. The van der Waals surface area contributed by atoms with Gasteiger partial charge in [-0.1, -0.05) is 28.1 Å². The number of rotatable bonds is 8. The molecule has 0 N–H and O–H groups in total. The van der Waals surface area contributed by atoms with Gasteiger partial charge in [-0.2, -0.15) is 5.10 Å². The Morgan fingerprint density at radius 3 is 2.48 bits per heavy atom. The second-order valence-electron chi connectivity index (χ2n) is 6.74. The summed E-state index contributed by atoms with van der Waals surface area (Å²) in [7, 11) is 1.62. The molecule has 3 aromatic rings. The molecule has 3 rings (SSSR count). The van der Waals surface area contributed by atoms with E-state index in [0.717, 1.165) is 36.8 Å². The van der Waals surface area contributed by atoms with Crippen LogP contribution >= 0.6 is 47.8 Å². The highest BCUT2D eigenvalue weighted by molar-refractivity contribution is 9.11. The zero-order valence-electron chi connectivity index (χ0n) is 17.3. The second-order valence-corrected chi connectivity index (χ2v) is 9.36. The molecule has 162 valence electrons. The lowest BCUT2D eigenvalue weighted by molar-refractivity contribution is 0.104. The molecule has 0 aliphatic carbocycles. The zero-order valence-corrected chi connectivity index (χ0v) is 22.0. The van der Waals surface area contributed by atoms with Crippen LogP contribution in [0.5, 0.6) is 11.5 Å². The molecule has 0 spiro atoms. The molecule has 1 heterocycles. The molecule has 0 unspecified atom stereocenters. The fraction of sp³-hybridized carbons (Fsp3) is 0.217. The van der Waals surface area contributed by atoms with Gasteiger partial charge in [0.05, 0.1) is 27.3 Å². The first-order chi connectivity index (χ1) is 14.8. The summed E-state index contributed by atoms with van der Waals surface area (Å²) in [6.45, 7) is 4.86. The number of ether oxygens (including phenoxy) is 2. The smallest absolute Gasteiger partial charge is 0.189 e. The highest BCUT2D eigenvalue weighted by Crippen LogP contribution is 2.37. The Bertz CT molecular complexity index is 1120. The number of aromatic nitrogens is 2. The summed E-state index contributed by atoms with van der Waals surface area (Å²) in [5, 5.41) is 4.33. The molecule has 0 aliphatic rings. The SMILES string of the molecule is CCn1cc(C(=O)/C=C/c2ccc(OC)c(COc3c(Br)cc(Br)cc3Br)c2)c(C)n1.